The van der Waals surface area contributed by atoms with E-state index in [9.17, 15) is 0 Å². The Balaban J connectivity index is 1.25. The van der Waals surface area contributed by atoms with Crippen LogP contribution in [0.5, 0.6) is 0 Å². The number of thiophene rings is 2. The van der Waals surface area contributed by atoms with Gasteiger partial charge >= 0.3 is 0 Å². The molecule has 5 rings (SSSR count). The second kappa shape index (κ2) is 6.70. The molecule has 2 atom stereocenters. The molecular formula is C20H18N4S2. The predicted octanol–water partition coefficient (Wildman–Crippen LogP) is 4.69. The Morgan fingerprint density at radius 3 is 1.54 bits per heavy atom. The molecule has 4 heterocycles. The smallest absolute Gasteiger partial charge is 0.0799 e. The fourth-order valence-corrected chi connectivity index (χ4v) is 4.88. The number of nitrogens with zero attached hydrogens (tertiary/aromatic N) is 2. The second-order valence-electron chi connectivity index (χ2n) is 6.51. The molecule has 0 fully saturated rings. The Morgan fingerprint density at radius 1 is 0.692 bits per heavy atom. The fourth-order valence-electron chi connectivity index (χ4n) is 3.42. The van der Waals surface area contributed by atoms with Crippen molar-refractivity contribution in [2.75, 3.05) is 0 Å². The summed E-state index contributed by atoms with van der Waals surface area (Å²) in [7, 11) is 0. The summed E-state index contributed by atoms with van der Waals surface area (Å²) in [5, 5.41) is 13.2. The van der Waals surface area contributed by atoms with Crippen molar-refractivity contribution >= 4 is 34.1 Å². The van der Waals surface area contributed by atoms with Gasteiger partial charge in [0.1, 0.15) is 0 Å². The Hall–Kier alpha value is -2.44. The van der Waals surface area contributed by atoms with Gasteiger partial charge in [-0.05, 0) is 34.0 Å². The molecule has 130 valence electrons. The third kappa shape index (κ3) is 2.95. The van der Waals surface area contributed by atoms with Crippen molar-refractivity contribution in [1.29, 1.82) is 0 Å². The molecule has 2 aliphatic heterocycles. The van der Waals surface area contributed by atoms with Gasteiger partial charge in [-0.3, -0.25) is 0 Å². The summed E-state index contributed by atoms with van der Waals surface area (Å²) in [5.74, 6) is 0. The zero-order chi connectivity index (χ0) is 17.3. The van der Waals surface area contributed by atoms with Crippen LogP contribution in [-0.4, -0.2) is 11.4 Å². The minimum Gasteiger partial charge on any atom is -0.302 e. The van der Waals surface area contributed by atoms with E-state index in [4.69, 9.17) is 0 Å². The number of hydrogen-bond donors (Lipinski definition) is 2. The maximum Gasteiger partial charge on any atom is 0.0799 e. The summed E-state index contributed by atoms with van der Waals surface area (Å²) in [6.45, 7) is 0. The van der Waals surface area contributed by atoms with Crippen LogP contribution in [0.1, 0.15) is 45.8 Å². The van der Waals surface area contributed by atoms with Gasteiger partial charge in [0.2, 0.25) is 0 Å². The lowest BCUT2D eigenvalue weighted by Crippen LogP contribution is -2.12. The van der Waals surface area contributed by atoms with E-state index in [0.717, 1.165) is 24.3 Å². The molecule has 2 aromatic heterocycles. The SMILES string of the molecule is c1csc(C2=NNC(c3ccc(C4CC(c5cccs5)=NN4)cc3)C2)c1. The Labute approximate surface area is 160 Å². The molecule has 2 unspecified atom stereocenters. The van der Waals surface area contributed by atoms with Crippen LogP contribution < -0.4 is 10.9 Å². The van der Waals surface area contributed by atoms with Crippen molar-refractivity contribution in [2.45, 2.75) is 24.9 Å². The molecule has 1 aromatic carbocycles. The van der Waals surface area contributed by atoms with Crippen molar-refractivity contribution in [3.8, 4) is 0 Å². The molecule has 0 spiro atoms. The first-order chi connectivity index (χ1) is 12.9. The van der Waals surface area contributed by atoms with Crippen LogP contribution in [0.15, 0.2) is 69.5 Å². The van der Waals surface area contributed by atoms with Gasteiger partial charge in [-0.2, -0.15) is 10.2 Å². The Kier molecular flexibility index (Phi) is 4.07. The van der Waals surface area contributed by atoms with Gasteiger partial charge < -0.3 is 10.9 Å². The maximum atomic E-state index is 4.52. The van der Waals surface area contributed by atoms with Gasteiger partial charge in [0.05, 0.1) is 33.3 Å². The van der Waals surface area contributed by atoms with E-state index in [0.29, 0.717) is 0 Å². The molecule has 0 saturated heterocycles. The summed E-state index contributed by atoms with van der Waals surface area (Å²) in [5.41, 5.74) is 11.4. The van der Waals surface area contributed by atoms with Crippen molar-refractivity contribution in [3.05, 3.63) is 80.2 Å². The van der Waals surface area contributed by atoms with Crippen LogP contribution in [0, 0.1) is 0 Å². The van der Waals surface area contributed by atoms with Gasteiger partial charge in [0, 0.05) is 12.8 Å². The third-order valence-electron chi connectivity index (χ3n) is 4.86. The fraction of sp³-hybridized carbons (Fsp3) is 0.200. The van der Waals surface area contributed by atoms with Crippen molar-refractivity contribution in [1.82, 2.24) is 10.9 Å². The number of benzene rings is 1. The van der Waals surface area contributed by atoms with Crippen molar-refractivity contribution in [2.24, 2.45) is 10.2 Å². The molecular weight excluding hydrogens is 360 g/mol. The van der Waals surface area contributed by atoms with E-state index in [1.54, 1.807) is 22.7 Å². The van der Waals surface area contributed by atoms with Crippen LogP contribution in [0.25, 0.3) is 0 Å². The molecule has 3 aromatic rings. The molecule has 0 aliphatic carbocycles. The first-order valence-electron chi connectivity index (χ1n) is 8.68. The Bertz CT molecular complexity index is 861. The van der Waals surface area contributed by atoms with Crippen LogP contribution in [0.4, 0.5) is 0 Å². The van der Waals surface area contributed by atoms with Gasteiger partial charge in [0.25, 0.3) is 0 Å². The second-order valence-corrected chi connectivity index (χ2v) is 8.41. The Morgan fingerprint density at radius 2 is 1.15 bits per heavy atom. The van der Waals surface area contributed by atoms with Crippen LogP contribution in [-0.2, 0) is 0 Å². The van der Waals surface area contributed by atoms with Crippen LogP contribution >= 0.6 is 22.7 Å². The van der Waals surface area contributed by atoms with E-state index in [1.807, 2.05) is 0 Å². The van der Waals surface area contributed by atoms with E-state index in [-0.39, 0.29) is 12.1 Å². The van der Waals surface area contributed by atoms with E-state index < -0.39 is 0 Å². The first kappa shape index (κ1) is 15.8. The molecule has 0 bridgehead atoms. The number of hydrazone groups is 2. The first-order valence-corrected chi connectivity index (χ1v) is 10.4. The topological polar surface area (TPSA) is 48.8 Å². The zero-order valence-corrected chi connectivity index (χ0v) is 15.7. The summed E-state index contributed by atoms with van der Waals surface area (Å²) < 4.78 is 0. The number of hydrogen-bond acceptors (Lipinski definition) is 6. The molecule has 2 N–H and O–H groups in total. The number of nitrogens with one attached hydrogen (secondary N) is 2. The van der Waals surface area contributed by atoms with E-state index in [1.165, 1.54) is 20.9 Å². The highest BCUT2D eigenvalue weighted by molar-refractivity contribution is 7.12. The highest BCUT2D eigenvalue weighted by Gasteiger charge is 2.24. The zero-order valence-electron chi connectivity index (χ0n) is 14.1. The maximum absolute atomic E-state index is 4.52. The average Bonchev–Trinajstić information content (AvgIpc) is 3.49. The van der Waals surface area contributed by atoms with Crippen molar-refractivity contribution < 1.29 is 0 Å². The standard InChI is InChI=1S/C20H18N4S2/c1-3-19(25-9-1)17-11-15(21-23-17)13-5-7-14(8-6-13)16-12-18(24-22-16)20-4-2-10-26-20/h1-10,15-16,21-22H,11-12H2. The molecule has 0 amide bonds. The monoisotopic (exact) mass is 378 g/mol. The minimum absolute atomic E-state index is 0.260. The van der Waals surface area contributed by atoms with Crippen LogP contribution in [0.3, 0.4) is 0 Å². The van der Waals surface area contributed by atoms with E-state index in [2.05, 4.69) is 80.3 Å². The molecule has 26 heavy (non-hydrogen) atoms. The van der Waals surface area contributed by atoms with E-state index >= 15 is 0 Å². The predicted molar refractivity (Wildman–Crippen MR) is 109 cm³/mol. The quantitative estimate of drug-likeness (QED) is 0.692. The van der Waals surface area contributed by atoms with Crippen LogP contribution in [0.2, 0.25) is 0 Å². The molecule has 2 aliphatic rings. The lowest BCUT2D eigenvalue weighted by Gasteiger charge is -2.14. The van der Waals surface area contributed by atoms with Gasteiger partial charge in [0.15, 0.2) is 0 Å². The molecule has 4 nitrogen and oxygen atoms in total. The highest BCUT2D eigenvalue weighted by Crippen LogP contribution is 2.29. The molecule has 0 saturated carbocycles. The van der Waals surface area contributed by atoms with Gasteiger partial charge in [-0.1, -0.05) is 36.4 Å². The van der Waals surface area contributed by atoms with Crippen molar-refractivity contribution in [3.63, 3.8) is 0 Å². The largest absolute Gasteiger partial charge is 0.302 e. The summed E-state index contributed by atoms with van der Waals surface area (Å²) in [6, 6.07) is 17.8. The minimum atomic E-state index is 0.260. The third-order valence-corrected chi connectivity index (χ3v) is 6.70. The number of rotatable bonds is 4. The summed E-state index contributed by atoms with van der Waals surface area (Å²) in [6.07, 6.45) is 1.88. The summed E-state index contributed by atoms with van der Waals surface area (Å²) >= 11 is 3.49. The lowest BCUT2D eigenvalue weighted by atomic mass is 9.97. The molecule has 6 heteroatoms. The summed E-state index contributed by atoms with van der Waals surface area (Å²) in [4.78, 5) is 2.51. The average molecular weight is 379 g/mol. The normalized spacial score (nSPS) is 21.8. The highest BCUT2D eigenvalue weighted by atomic mass is 32.1. The van der Waals surface area contributed by atoms with Gasteiger partial charge in [-0.15, -0.1) is 22.7 Å². The lowest BCUT2D eigenvalue weighted by molar-refractivity contribution is 0.610. The van der Waals surface area contributed by atoms with Gasteiger partial charge in [-0.25, -0.2) is 0 Å². The molecule has 0 radical (unpaired) electrons.